The molecule has 1 aliphatic rings. The molecule has 1 aromatic rings. The second-order valence-electron chi connectivity index (χ2n) is 5.79. The third kappa shape index (κ3) is 4.44. The van der Waals surface area contributed by atoms with E-state index < -0.39 is 25.7 Å². The minimum atomic E-state index is -3.31. The second kappa shape index (κ2) is 8.66. The van der Waals surface area contributed by atoms with E-state index in [0.717, 1.165) is 10.5 Å². The SMILES string of the molecule is CCOP(=O)(Cc1ccc2c(c1)C(C(=O)OC)N(C(=O)O)CC2)OCC. The zero-order chi connectivity index (χ0) is 19.3. The van der Waals surface area contributed by atoms with Gasteiger partial charge in [-0.3, -0.25) is 9.46 Å². The monoisotopic (exact) mass is 385 g/mol. The Hall–Kier alpha value is -1.89. The minimum Gasteiger partial charge on any atom is -0.467 e. The first-order chi connectivity index (χ1) is 12.3. The average molecular weight is 385 g/mol. The lowest BCUT2D eigenvalue weighted by molar-refractivity contribution is -0.146. The molecule has 9 heteroatoms. The Morgan fingerprint density at radius 3 is 2.46 bits per heavy atom. The smallest absolute Gasteiger partial charge is 0.408 e. The molecule has 1 heterocycles. The number of carbonyl (C=O) groups excluding carboxylic acids is 1. The van der Waals surface area contributed by atoms with Gasteiger partial charge in [0.15, 0.2) is 6.04 Å². The van der Waals surface area contributed by atoms with E-state index >= 15 is 0 Å². The maximum atomic E-state index is 12.8. The highest BCUT2D eigenvalue weighted by Crippen LogP contribution is 2.51. The lowest BCUT2D eigenvalue weighted by Crippen LogP contribution is -2.43. The van der Waals surface area contributed by atoms with Crippen molar-refractivity contribution in [2.45, 2.75) is 32.5 Å². The summed E-state index contributed by atoms with van der Waals surface area (Å²) >= 11 is 0. The first-order valence-corrected chi connectivity index (χ1v) is 10.1. The number of nitrogens with zero attached hydrogens (tertiary/aromatic N) is 1. The topological polar surface area (TPSA) is 102 Å². The van der Waals surface area contributed by atoms with E-state index in [2.05, 4.69) is 0 Å². The van der Waals surface area contributed by atoms with E-state index in [0.29, 0.717) is 17.5 Å². The summed E-state index contributed by atoms with van der Waals surface area (Å²) in [6.45, 7) is 4.17. The first-order valence-electron chi connectivity index (χ1n) is 8.42. The van der Waals surface area contributed by atoms with Crippen LogP contribution in [-0.2, 0) is 35.7 Å². The molecule has 1 unspecified atom stereocenters. The molecule has 144 valence electrons. The molecule has 1 atom stereocenters. The second-order valence-corrected chi connectivity index (χ2v) is 7.84. The van der Waals surface area contributed by atoms with Crippen LogP contribution in [0.15, 0.2) is 18.2 Å². The van der Waals surface area contributed by atoms with Crippen LogP contribution in [0.1, 0.15) is 36.6 Å². The maximum Gasteiger partial charge on any atom is 0.408 e. The van der Waals surface area contributed by atoms with Crippen LogP contribution >= 0.6 is 7.60 Å². The summed E-state index contributed by atoms with van der Waals surface area (Å²) in [5, 5.41) is 9.41. The van der Waals surface area contributed by atoms with Gasteiger partial charge in [-0.25, -0.2) is 9.59 Å². The lowest BCUT2D eigenvalue weighted by Gasteiger charge is -2.33. The van der Waals surface area contributed by atoms with E-state index in [4.69, 9.17) is 13.8 Å². The molecule has 0 aromatic heterocycles. The number of esters is 1. The van der Waals surface area contributed by atoms with Crippen molar-refractivity contribution in [3.05, 3.63) is 34.9 Å². The minimum absolute atomic E-state index is 0.0446. The Balaban J connectivity index is 2.40. The van der Waals surface area contributed by atoms with E-state index in [-0.39, 0.29) is 25.9 Å². The number of rotatable bonds is 7. The molecule has 26 heavy (non-hydrogen) atoms. The van der Waals surface area contributed by atoms with Crippen molar-refractivity contribution in [1.29, 1.82) is 0 Å². The first kappa shape index (κ1) is 20.4. The Morgan fingerprint density at radius 1 is 1.27 bits per heavy atom. The number of amides is 1. The summed E-state index contributed by atoms with van der Waals surface area (Å²) in [7, 11) is -2.09. The van der Waals surface area contributed by atoms with Crippen molar-refractivity contribution >= 4 is 19.7 Å². The van der Waals surface area contributed by atoms with Crippen molar-refractivity contribution in [3.8, 4) is 0 Å². The van der Waals surface area contributed by atoms with Crippen molar-refractivity contribution in [2.75, 3.05) is 26.9 Å². The fourth-order valence-electron chi connectivity index (χ4n) is 3.08. The number of carbonyl (C=O) groups is 2. The third-order valence-corrected chi connectivity index (χ3v) is 6.19. The molecular weight excluding hydrogens is 361 g/mol. The highest BCUT2D eigenvalue weighted by molar-refractivity contribution is 7.53. The van der Waals surface area contributed by atoms with Gasteiger partial charge in [-0.1, -0.05) is 18.2 Å². The van der Waals surface area contributed by atoms with Crippen LogP contribution in [-0.4, -0.2) is 48.9 Å². The highest BCUT2D eigenvalue weighted by Gasteiger charge is 2.37. The molecule has 0 radical (unpaired) electrons. The van der Waals surface area contributed by atoms with Crippen LogP contribution in [0.3, 0.4) is 0 Å². The van der Waals surface area contributed by atoms with Gasteiger partial charge in [-0.15, -0.1) is 0 Å². The molecule has 0 bridgehead atoms. The summed E-state index contributed by atoms with van der Waals surface area (Å²) in [5.74, 6) is -0.650. The Bertz CT molecular complexity index is 711. The number of hydrogen-bond donors (Lipinski definition) is 1. The summed E-state index contributed by atoms with van der Waals surface area (Å²) < 4.78 is 28.2. The number of hydrogen-bond acceptors (Lipinski definition) is 6. The highest BCUT2D eigenvalue weighted by atomic mass is 31.2. The van der Waals surface area contributed by atoms with Gasteiger partial charge in [-0.2, -0.15) is 0 Å². The summed E-state index contributed by atoms with van der Waals surface area (Å²) in [6.07, 6.45) is -0.654. The maximum absolute atomic E-state index is 12.8. The van der Waals surface area contributed by atoms with Gasteiger partial charge < -0.3 is 18.9 Å². The van der Waals surface area contributed by atoms with Crippen molar-refractivity contribution in [3.63, 3.8) is 0 Å². The van der Waals surface area contributed by atoms with Gasteiger partial charge in [0, 0.05) is 6.54 Å². The van der Waals surface area contributed by atoms with Crippen molar-refractivity contribution in [2.24, 2.45) is 0 Å². The number of fused-ring (bicyclic) bond motifs is 1. The average Bonchev–Trinajstić information content (AvgIpc) is 2.60. The summed E-state index contributed by atoms with van der Waals surface area (Å²) in [6, 6.07) is 4.27. The summed E-state index contributed by atoms with van der Waals surface area (Å²) in [5.41, 5.74) is 2.06. The molecule has 1 aliphatic heterocycles. The van der Waals surface area contributed by atoms with Crippen LogP contribution in [0.5, 0.6) is 0 Å². The zero-order valence-corrected chi connectivity index (χ0v) is 16.0. The van der Waals surface area contributed by atoms with Gasteiger partial charge in [-0.05, 0) is 37.0 Å². The number of methoxy groups -OCH3 is 1. The van der Waals surface area contributed by atoms with Crippen LogP contribution in [0.25, 0.3) is 0 Å². The standard InChI is InChI=1S/C17H24NO7P/c1-4-24-26(22,25-5-2)11-12-6-7-13-8-9-18(17(20)21)15(14(13)10-12)16(19)23-3/h6-7,10,15H,4-5,8-9,11H2,1-3H3,(H,20,21). The molecular formula is C17H24NO7P. The number of benzene rings is 1. The van der Waals surface area contributed by atoms with Crippen LogP contribution < -0.4 is 0 Å². The van der Waals surface area contributed by atoms with E-state index in [1.807, 2.05) is 6.07 Å². The summed E-state index contributed by atoms with van der Waals surface area (Å²) in [4.78, 5) is 24.8. The number of ether oxygens (including phenoxy) is 1. The quantitative estimate of drug-likeness (QED) is 0.568. The van der Waals surface area contributed by atoms with Crippen molar-refractivity contribution < 1.29 is 33.0 Å². The predicted octanol–water partition coefficient (Wildman–Crippen LogP) is 3.20. The molecule has 1 aromatic carbocycles. The van der Waals surface area contributed by atoms with Crippen LogP contribution in [0, 0.1) is 0 Å². The van der Waals surface area contributed by atoms with Gasteiger partial charge >= 0.3 is 19.7 Å². The van der Waals surface area contributed by atoms with E-state index in [9.17, 15) is 19.3 Å². The molecule has 0 aliphatic carbocycles. The molecule has 1 amide bonds. The molecule has 0 saturated heterocycles. The van der Waals surface area contributed by atoms with E-state index in [1.165, 1.54) is 7.11 Å². The van der Waals surface area contributed by atoms with Gasteiger partial charge in [0.25, 0.3) is 0 Å². The molecule has 0 saturated carbocycles. The Kier molecular flexibility index (Phi) is 6.81. The molecule has 1 N–H and O–H groups in total. The normalized spacial score (nSPS) is 16.9. The molecule has 8 nitrogen and oxygen atoms in total. The van der Waals surface area contributed by atoms with Crippen molar-refractivity contribution in [1.82, 2.24) is 4.90 Å². The fraction of sp³-hybridized carbons (Fsp3) is 0.529. The Morgan fingerprint density at radius 2 is 1.92 bits per heavy atom. The molecule has 2 rings (SSSR count). The van der Waals surface area contributed by atoms with Crippen LogP contribution in [0.2, 0.25) is 0 Å². The predicted molar refractivity (Wildman–Crippen MR) is 94.2 cm³/mol. The van der Waals surface area contributed by atoms with Crippen LogP contribution in [0.4, 0.5) is 4.79 Å². The number of carboxylic acid groups (broad SMARTS) is 1. The van der Waals surface area contributed by atoms with E-state index in [1.54, 1.807) is 26.0 Å². The zero-order valence-electron chi connectivity index (χ0n) is 15.1. The van der Waals surface area contributed by atoms with Gasteiger partial charge in [0.05, 0.1) is 26.5 Å². The fourth-order valence-corrected chi connectivity index (χ4v) is 4.77. The lowest BCUT2D eigenvalue weighted by atomic mass is 9.91. The molecule has 0 fully saturated rings. The third-order valence-electron chi connectivity index (χ3n) is 4.14. The largest absolute Gasteiger partial charge is 0.467 e. The molecule has 0 spiro atoms. The van der Waals surface area contributed by atoms with Gasteiger partial charge in [0.2, 0.25) is 0 Å². The van der Waals surface area contributed by atoms with Gasteiger partial charge in [0.1, 0.15) is 0 Å². The Labute approximate surface area is 152 Å².